The van der Waals surface area contributed by atoms with Gasteiger partial charge in [-0.2, -0.15) is 0 Å². The quantitative estimate of drug-likeness (QED) is 0.623. The molecular formula is C12H17N3O3. The van der Waals surface area contributed by atoms with Crippen molar-refractivity contribution in [1.82, 2.24) is 10.3 Å². The number of carboxylic acid groups (broad SMARTS) is 1. The van der Waals surface area contributed by atoms with Crippen LogP contribution in [0.3, 0.4) is 0 Å². The number of nitrogens with zero attached hydrogens (tertiary/aromatic N) is 1. The van der Waals surface area contributed by atoms with Crippen molar-refractivity contribution in [2.75, 3.05) is 18.4 Å². The van der Waals surface area contributed by atoms with Crippen LogP contribution in [0.4, 0.5) is 5.82 Å². The molecule has 98 valence electrons. The van der Waals surface area contributed by atoms with Gasteiger partial charge in [0.1, 0.15) is 12.4 Å². The van der Waals surface area contributed by atoms with Crippen LogP contribution in [0.15, 0.2) is 18.3 Å². The fourth-order valence-corrected chi connectivity index (χ4v) is 1.36. The Morgan fingerprint density at radius 1 is 1.44 bits per heavy atom. The number of carbonyl (C=O) groups is 2. The highest BCUT2D eigenvalue weighted by Crippen LogP contribution is 2.05. The SMILES string of the molecule is Cc1ccnc(NCCCC(=O)NCC(=O)O)c1. The molecule has 0 saturated heterocycles. The third-order valence-corrected chi connectivity index (χ3v) is 2.24. The summed E-state index contributed by atoms with van der Waals surface area (Å²) >= 11 is 0. The van der Waals surface area contributed by atoms with Crippen LogP contribution < -0.4 is 10.6 Å². The predicted octanol–water partition coefficient (Wildman–Crippen LogP) is 0.783. The zero-order valence-corrected chi connectivity index (χ0v) is 10.3. The summed E-state index contributed by atoms with van der Waals surface area (Å²) in [5.41, 5.74) is 1.12. The van der Waals surface area contributed by atoms with Gasteiger partial charge in [0, 0.05) is 19.2 Å². The number of nitrogens with one attached hydrogen (secondary N) is 2. The van der Waals surface area contributed by atoms with E-state index >= 15 is 0 Å². The van der Waals surface area contributed by atoms with Crippen molar-refractivity contribution in [1.29, 1.82) is 0 Å². The third kappa shape index (κ3) is 5.83. The van der Waals surface area contributed by atoms with Crippen LogP contribution >= 0.6 is 0 Å². The van der Waals surface area contributed by atoms with Gasteiger partial charge in [0.05, 0.1) is 0 Å². The van der Waals surface area contributed by atoms with Crippen LogP contribution in [0, 0.1) is 6.92 Å². The lowest BCUT2D eigenvalue weighted by Crippen LogP contribution is -2.29. The van der Waals surface area contributed by atoms with Gasteiger partial charge in [0.25, 0.3) is 0 Å². The molecule has 3 N–H and O–H groups in total. The summed E-state index contributed by atoms with van der Waals surface area (Å²) in [4.78, 5) is 25.5. The standard InChI is InChI=1S/C12H17N3O3/c1-9-4-6-14-10(7-9)13-5-2-3-11(16)15-8-12(17)18/h4,6-7H,2-3,5,8H2,1H3,(H,13,14)(H,15,16)(H,17,18). The number of aliphatic carboxylic acids is 1. The second kappa shape index (κ2) is 7.26. The molecule has 0 aliphatic carbocycles. The first kappa shape index (κ1) is 14.0. The number of amides is 1. The van der Waals surface area contributed by atoms with E-state index in [4.69, 9.17) is 5.11 Å². The Bertz CT molecular complexity index is 421. The molecule has 0 unspecified atom stereocenters. The first-order chi connectivity index (χ1) is 8.58. The predicted molar refractivity (Wildman–Crippen MR) is 67.3 cm³/mol. The molecule has 0 aliphatic heterocycles. The van der Waals surface area contributed by atoms with Crippen molar-refractivity contribution < 1.29 is 14.7 Å². The van der Waals surface area contributed by atoms with E-state index in [1.54, 1.807) is 6.20 Å². The molecule has 0 spiro atoms. The number of carbonyl (C=O) groups excluding carboxylic acids is 1. The highest BCUT2D eigenvalue weighted by molar-refractivity contribution is 5.81. The van der Waals surface area contributed by atoms with Gasteiger partial charge in [-0.05, 0) is 31.0 Å². The van der Waals surface area contributed by atoms with Crippen molar-refractivity contribution in [2.45, 2.75) is 19.8 Å². The fraction of sp³-hybridized carbons (Fsp3) is 0.417. The van der Waals surface area contributed by atoms with Gasteiger partial charge in [-0.3, -0.25) is 9.59 Å². The summed E-state index contributed by atoms with van der Waals surface area (Å²) in [6, 6.07) is 3.83. The van der Waals surface area contributed by atoms with Crippen molar-refractivity contribution in [2.24, 2.45) is 0 Å². The van der Waals surface area contributed by atoms with E-state index < -0.39 is 5.97 Å². The molecule has 1 rings (SSSR count). The minimum Gasteiger partial charge on any atom is -0.480 e. The number of aromatic nitrogens is 1. The van der Waals surface area contributed by atoms with Crippen LogP contribution in [0.2, 0.25) is 0 Å². The molecule has 1 amide bonds. The Morgan fingerprint density at radius 2 is 2.22 bits per heavy atom. The molecule has 0 saturated carbocycles. The molecule has 0 bridgehead atoms. The average Bonchev–Trinajstić information content (AvgIpc) is 2.32. The van der Waals surface area contributed by atoms with Gasteiger partial charge < -0.3 is 15.7 Å². The van der Waals surface area contributed by atoms with Crippen molar-refractivity contribution in [3.05, 3.63) is 23.9 Å². The van der Waals surface area contributed by atoms with Crippen molar-refractivity contribution in [3.8, 4) is 0 Å². The molecule has 0 aliphatic rings. The largest absolute Gasteiger partial charge is 0.480 e. The molecule has 6 heteroatoms. The van der Waals surface area contributed by atoms with Gasteiger partial charge in [0.15, 0.2) is 0 Å². The average molecular weight is 251 g/mol. The van der Waals surface area contributed by atoms with E-state index in [-0.39, 0.29) is 12.5 Å². The highest BCUT2D eigenvalue weighted by atomic mass is 16.4. The number of hydrogen-bond donors (Lipinski definition) is 3. The number of rotatable bonds is 7. The second-order valence-corrected chi connectivity index (χ2v) is 3.92. The van der Waals surface area contributed by atoms with Crippen LogP contribution in [0.25, 0.3) is 0 Å². The molecule has 1 aromatic rings. The van der Waals surface area contributed by atoms with Gasteiger partial charge in [-0.15, -0.1) is 0 Å². The zero-order valence-electron chi connectivity index (χ0n) is 10.3. The summed E-state index contributed by atoms with van der Waals surface area (Å²) in [5, 5.41) is 13.8. The lowest BCUT2D eigenvalue weighted by atomic mass is 10.2. The molecule has 1 heterocycles. The maximum absolute atomic E-state index is 11.2. The minimum absolute atomic E-state index is 0.253. The zero-order chi connectivity index (χ0) is 13.4. The van der Waals surface area contributed by atoms with E-state index in [0.717, 1.165) is 11.4 Å². The number of anilines is 1. The Hall–Kier alpha value is -2.11. The van der Waals surface area contributed by atoms with Crippen molar-refractivity contribution in [3.63, 3.8) is 0 Å². The van der Waals surface area contributed by atoms with Crippen LogP contribution in [-0.2, 0) is 9.59 Å². The Balaban J connectivity index is 2.15. The lowest BCUT2D eigenvalue weighted by molar-refractivity contribution is -0.137. The maximum atomic E-state index is 11.2. The van der Waals surface area contributed by atoms with Gasteiger partial charge in [-0.25, -0.2) is 4.98 Å². The summed E-state index contributed by atoms with van der Waals surface area (Å²) in [7, 11) is 0. The number of pyridine rings is 1. The summed E-state index contributed by atoms with van der Waals surface area (Å²) < 4.78 is 0. The van der Waals surface area contributed by atoms with E-state index in [0.29, 0.717) is 19.4 Å². The Kier molecular flexibility index (Phi) is 5.63. The topological polar surface area (TPSA) is 91.3 Å². The van der Waals surface area contributed by atoms with E-state index in [2.05, 4.69) is 15.6 Å². The maximum Gasteiger partial charge on any atom is 0.322 e. The second-order valence-electron chi connectivity index (χ2n) is 3.92. The summed E-state index contributed by atoms with van der Waals surface area (Å²) in [6.07, 6.45) is 2.64. The first-order valence-corrected chi connectivity index (χ1v) is 5.73. The molecule has 18 heavy (non-hydrogen) atoms. The van der Waals surface area contributed by atoms with Crippen molar-refractivity contribution >= 4 is 17.7 Å². The molecule has 0 atom stereocenters. The Morgan fingerprint density at radius 3 is 2.89 bits per heavy atom. The monoisotopic (exact) mass is 251 g/mol. The highest BCUT2D eigenvalue weighted by Gasteiger charge is 2.03. The molecular weight excluding hydrogens is 234 g/mol. The smallest absolute Gasteiger partial charge is 0.322 e. The van der Waals surface area contributed by atoms with Gasteiger partial charge in [0.2, 0.25) is 5.91 Å². The van der Waals surface area contributed by atoms with E-state index in [1.165, 1.54) is 0 Å². The molecule has 0 fully saturated rings. The summed E-state index contributed by atoms with van der Waals surface area (Å²) in [6.45, 7) is 2.27. The van der Waals surface area contributed by atoms with E-state index in [9.17, 15) is 9.59 Å². The number of carboxylic acids is 1. The first-order valence-electron chi connectivity index (χ1n) is 5.73. The van der Waals surface area contributed by atoms with Crippen LogP contribution in [-0.4, -0.2) is 35.1 Å². The van der Waals surface area contributed by atoms with Crippen LogP contribution in [0.1, 0.15) is 18.4 Å². The summed E-state index contributed by atoms with van der Waals surface area (Å²) in [5.74, 6) is -0.511. The fourth-order valence-electron chi connectivity index (χ4n) is 1.36. The lowest BCUT2D eigenvalue weighted by Gasteiger charge is -2.06. The van der Waals surface area contributed by atoms with E-state index in [1.807, 2.05) is 19.1 Å². The minimum atomic E-state index is -1.04. The molecule has 0 aromatic carbocycles. The normalized spacial score (nSPS) is 9.83. The van der Waals surface area contributed by atoms with Crippen LogP contribution in [0.5, 0.6) is 0 Å². The third-order valence-electron chi connectivity index (χ3n) is 2.24. The molecule has 0 radical (unpaired) electrons. The van der Waals surface area contributed by atoms with Gasteiger partial charge >= 0.3 is 5.97 Å². The number of aryl methyl sites for hydroxylation is 1. The molecule has 6 nitrogen and oxygen atoms in total. The molecule has 1 aromatic heterocycles. The van der Waals surface area contributed by atoms with Gasteiger partial charge in [-0.1, -0.05) is 0 Å². The Labute approximate surface area is 105 Å². The number of hydrogen-bond acceptors (Lipinski definition) is 4.